The Morgan fingerprint density at radius 1 is 1.32 bits per heavy atom. The summed E-state index contributed by atoms with van der Waals surface area (Å²) < 4.78 is 12.5. The van der Waals surface area contributed by atoms with Crippen LogP contribution in [0, 0.1) is 0 Å². The number of halogens is 1. The van der Waals surface area contributed by atoms with Crippen LogP contribution in [0.25, 0.3) is 0 Å². The Bertz CT molecular complexity index is 1080. The van der Waals surface area contributed by atoms with Gasteiger partial charge in [0.25, 0.3) is 5.91 Å². The van der Waals surface area contributed by atoms with Gasteiger partial charge < -0.3 is 19.4 Å². The molecule has 10 heteroatoms. The fraction of sp³-hybridized carbons (Fsp3) is 0.381. The number of hydrogen-bond acceptors (Lipinski definition) is 7. The molecule has 0 aromatic carbocycles. The maximum Gasteiger partial charge on any atom is 0.410 e. The summed E-state index contributed by atoms with van der Waals surface area (Å²) >= 11 is 7.48. The molecule has 1 aliphatic rings. The molecule has 0 radical (unpaired) electrons. The number of ether oxygens (including phenoxy) is 1. The van der Waals surface area contributed by atoms with E-state index in [0.717, 1.165) is 10.6 Å². The molecule has 4 heterocycles. The van der Waals surface area contributed by atoms with Gasteiger partial charge in [-0.25, -0.2) is 4.79 Å². The molecule has 1 fully saturated rings. The van der Waals surface area contributed by atoms with Gasteiger partial charge in [-0.05, 0) is 39.0 Å². The standard InChI is InChI=1S/C21H23ClN4O4S/c1-21(2,3)30-20(28)25-10-14(11-25)16-8-18(23-9-15-4-5-17(22)31-15)26(24-16)19(27)13-6-7-29-12-13/h4-8,12,14,23H,9-11H2,1-3H3. The van der Waals surface area contributed by atoms with Crippen molar-refractivity contribution in [1.29, 1.82) is 0 Å². The van der Waals surface area contributed by atoms with Crippen molar-refractivity contribution in [3.8, 4) is 0 Å². The third-order valence-corrected chi connectivity index (χ3v) is 5.94. The smallest absolute Gasteiger partial charge is 0.410 e. The van der Waals surface area contributed by atoms with Gasteiger partial charge in [-0.1, -0.05) is 11.6 Å². The minimum atomic E-state index is -0.539. The molecular formula is C21H23ClN4O4S. The van der Waals surface area contributed by atoms with Crippen LogP contribution >= 0.6 is 22.9 Å². The minimum absolute atomic E-state index is 0.0302. The van der Waals surface area contributed by atoms with E-state index in [0.29, 0.717) is 35.4 Å². The van der Waals surface area contributed by atoms with Crippen LogP contribution in [0.2, 0.25) is 4.34 Å². The number of hydrogen-bond donors (Lipinski definition) is 1. The van der Waals surface area contributed by atoms with Crippen molar-refractivity contribution >= 4 is 40.8 Å². The molecule has 0 saturated carbocycles. The van der Waals surface area contributed by atoms with Crippen LogP contribution in [0.4, 0.5) is 10.6 Å². The van der Waals surface area contributed by atoms with E-state index in [4.69, 9.17) is 20.8 Å². The van der Waals surface area contributed by atoms with E-state index in [1.165, 1.54) is 28.5 Å². The Balaban J connectivity index is 1.50. The molecule has 1 aliphatic heterocycles. The van der Waals surface area contributed by atoms with Crippen molar-refractivity contribution in [1.82, 2.24) is 14.7 Å². The average Bonchev–Trinajstić information content (AvgIpc) is 3.37. The molecule has 3 aromatic rings. The summed E-state index contributed by atoms with van der Waals surface area (Å²) in [6.45, 7) is 7.01. The Kier molecular flexibility index (Phi) is 5.81. The molecule has 0 aliphatic carbocycles. The first-order valence-electron chi connectivity index (χ1n) is 9.82. The summed E-state index contributed by atoms with van der Waals surface area (Å²) in [5.41, 5.74) is 0.604. The number of thiophene rings is 1. The second-order valence-electron chi connectivity index (χ2n) is 8.33. The van der Waals surface area contributed by atoms with Gasteiger partial charge in [-0.15, -0.1) is 11.3 Å². The van der Waals surface area contributed by atoms with Gasteiger partial charge in [-0.3, -0.25) is 4.79 Å². The van der Waals surface area contributed by atoms with Crippen LogP contribution in [-0.2, 0) is 11.3 Å². The molecule has 1 N–H and O–H groups in total. The first kappa shape index (κ1) is 21.5. The highest BCUT2D eigenvalue weighted by molar-refractivity contribution is 7.16. The van der Waals surface area contributed by atoms with Crippen molar-refractivity contribution in [2.45, 2.75) is 38.8 Å². The number of carbonyl (C=O) groups excluding carboxylic acids is 2. The maximum absolute atomic E-state index is 12.9. The van der Waals surface area contributed by atoms with Crippen molar-refractivity contribution < 1.29 is 18.7 Å². The van der Waals surface area contributed by atoms with Gasteiger partial charge in [0.2, 0.25) is 0 Å². The minimum Gasteiger partial charge on any atom is -0.472 e. The fourth-order valence-corrected chi connectivity index (χ4v) is 4.18. The number of nitrogens with one attached hydrogen (secondary N) is 1. The number of nitrogens with zero attached hydrogens (tertiary/aromatic N) is 3. The Labute approximate surface area is 188 Å². The molecule has 4 rings (SSSR count). The zero-order valence-electron chi connectivity index (χ0n) is 17.4. The van der Waals surface area contributed by atoms with Crippen molar-refractivity contribution in [3.63, 3.8) is 0 Å². The van der Waals surface area contributed by atoms with Crippen LogP contribution in [-0.4, -0.2) is 45.4 Å². The summed E-state index contributed by atoms with van der Waals surface area (Å²) in [5.74, 6) is 0.305. The predicted octanol–water partition coefficient (Wildman–Crippen LogP) is 4.83. The van der Waals surface area contributed by atoms with E-state index in [2.05, 4.69) is 10.4 Å². The summed E-state index contributed by atoms with van der Waals surface area (Å²) in [6.07, 6.45) is 2.49. The summed E-state index contributed by atoms with van der Waals surface area (Å²) in [7, 11) is 0. The number of furan rings is 1. The molecule has 31 heavy (non-hydrogen) atoms. The molecule has 0 spiro atoms. The van der Waals surface area contributed by atoms with Gasteiger partial charge >= 0.3 is 6.09 Å². The van der Waals surface area contributed by atoms with E-state index in [9.17, 15) is 9.59 Å². The van der Waals surface area contributed by atoms with Crippen LogP contribution in [0.5, 0.6) is 0 Å². The lowest BCUT2D eigenvalue weighted by Crippen LogP contribution is -2.50. The highest BCUT2D eigenvalue weighted by atomic mass is 35.5. The fourth-order valence-electron chi connectivity index (χ4n) is 3.15. The largest absolute Gasteiger partial charge is 0.472 e. The van der Waals surface area contributed by atoms with Crippen molar-refractivity contribution in [2.24, 2.45) is 0 Å². The third kappa shape index (κ3) is 4.94. The van der Waals surface area contributed by atoms with Crippen LogP contribution in [0.1, 0.15) is 47.6 Å². The summed E-state index contributed by atoms with van der Waals surface area (Å²) in [5, 5.41) is 7.81. The Morgan fingerprint density at radius 2 is 2.10 bits per heavy atom. The van der Waals surface area contributed by atoms with E-state index >= 15 is 0 Å². The van der Waals surface area contributed by atoms with Gasteiger partial charge in [0, 0.05) is 30.0 Å². The lowest BCUT2D eigenvalue weighted by molar-refractivity contribution is 0.00780. The van der Waals surface area contributed by atoms with Crippen molar-refractivity contribution in [2.75, 3.05) is 18.4 Å². The second kappa shape index (κ2) is 8.39. The zero-order chi connectivity index (χ0) is 22.2. The van der Waals surface area contributed by atoms with E-state index in [-0.39, 0.29) is 17.9 Å². The van der Waals surface area contributed by atoms with E-state index in [1.807, 2.05) is 39.0 Å². The molecule has 0 unspecified atom stereocenters. The molecule has 164 valence electrons. The molecule has 8 nitrogen and oxygen atoms in total. The lowest BCUT2D eigenvalue weighted by atomic mass is 9.97. The maximum atomic E-state index is 12.9. The average molecular weight is 463 g/mol. The molecule has 0 bridgehead atoms. The molecule has 1 saturated heterocycles. The van der Waals surface area contributed by atoms with Gasteiger partial charge in [0.15, 0.2) is 0 Å². The molecule has 1 amide bonds. The van der Waals surface area contributed by atoms with Gasteiger partial charge in [-0.2, -0.15) is 9.78 Å². The van der Waals surface area contributed by atoms with Crippen LogP contribution in [0.15, 0.2) is 41.2 Å². The van der Waals surface area contributed by atoms with E-state index in [1.54, 1.807) is 11.0 Å². The summed E-state index contributed by atoms with van der Waals surface area (Å²) in [4.78, 5) is 27.8. The quantitative estimate of drug-likeness (QED) is 0.584. The first-order valence-corrected chi connectivity index (χ1v) is 11.0. The number of amides is 1. The Hall–Kier alpha value is -2.78. The van der Waals surface area contributed by atoms with Gasteiger partial charge in [0.1, 0.15) is 17.7 Å². The predicted molar refractivity (Wildman–Crippen MR) is 118 cm³/mol. The number of carbonyl (C=O) groups is 2. The van der Waals surface area contributed by atoms with Crippen LogP contribution < -0.4 is 5.32 Å². The van der Waals surface area contributed by atoms with Crippen molar-refractivity contribution in [3.05, 3.63) is 57.3 Å². The highest BCUT2D eigenvalue weighted by Crippen LogP contribution is 2.30. The molecule has 0 atom stereocenters. The monoisotopic (exact) mass is 462 g/mol. The second-order valence-corrected chi connectivity index (χ2v) is 10.1. The third-order valence-electron chi connectivity index (χ3n) is 4.71. The van der Waals surface area contributed by atoms with E-state index < -0.39 is 5.60 Å². The zero-order valence-corrected chi connectivity index (χ0v) is 19.0. The number of rotatable bonds is 5. The van der Waals surface area contributed by atoms with Gasteiger partial charge in [0.05, 0.1) is 28.4 Å². The Morgan fingerprint density at radius 3 is 2.71 bits per heavy atom. The topological polar surface area (TPSA) is 89.6 Å². The first-order chi connectivity index (χ1) is 14.7. The molecule has 3 aromatic heterocycles. The number of anilines is 1. The lowest BCUT2D eigenvalue weighted by Gasteiger charge is -2.38. The highest BCUT2D eigenvalue weighted by Gasteiger charge is 2.36. The normalized spacial score (nSPS) is 14.4. The van der Waals surface area contributed by atoms with Crippen LogP contribution in [0.3, 0.4) is 0 Å². The SMILES string of the molecule is CC(C)(C)OC(=O)N1CC(c2cc(NCc3ccc(Cl)s3)n(C(=O)c3ccoc3)n2)C1. The number of aromatic nitrogens is 2. The summed E-state index contributed by atoms with van der Waals surface area (Å²) in [6, 6.07) is 7.22. The number of likely N-dealkylation sites (tertiary alicyclic amines) is 1. The molecular weight excluding hydrogens is 440 g/mol.